The van der Waals surface area contributed by atoms with Crippen molar-refractivity contribution in [3.8, 4) is 0 Å². The van der Waals surface area contributed by atoms with Crippen LogP contribution >= 0.6 is 0 Å². The smallest absolute Gasteiger partial charge is 0.313 e. The van der Waals surface area contributed by atoms with Gasteiger partial charge in [0.15, 0.2) is 0 Å². The SMILES string of the molecule is CC1(C)C=CC(C)(C(=O)O)C1. The fraction of sp³-hybridized carbons (Fsp3) is 0.667. The summed E-state index contributed by atoms with van der Waals surface area (Å²) in [7, 11) is 0. The molecule has 0 spiro atoms. The first-order valence-electron chi connectivity index (χ1n) is 3.80. The number of carboxylic acid groups (broad SMARTS) is 1. The van der Waals surface area contributed by atoms with Gasteiger partial charge in [-0.2, -0.15) is 0 Å². The van der Waals surface area contributed by atoms with Gasteiger partial charge < -0.3 is 5.11 Å². The van der Waals surface area contributed by atoms with E-state index in [1.165, 1.54) is 0 Å². The summed E-state index contributed by atoms with van der Waals surface area (Å²) in [4.78, 5) is 10.8. The van der Waals surface area contributed by atoms with Crippen LogP contribution < -0.4 is 0 Å². The van der Waals surface area contributed by atoms with E-state index in [0.29, 0.717) is 6.42 Å². The normalized spacial score (nSPS) is 34.1. The Bertz CT molecular complexity index is 216. The van der Waals surface area contributed by atoms with E-state index in [1.807, 2.05) is 6.08 Å². The lowest BCUT2D eigenvalue weighted by atomic mass is 9.82. The number of allylic oxidation sites excluding steroid dienone is 1. The van der Waals surface area contributed by atoms with Gasteiger partial charge in [-0.15, -0.1) is 0 Å². The predicted octanol–water partition coefficient (Wildman–Crippen LogP) is 2.06. The quantitative estimate of drug-likeness (QED) is 0.587. The largest absolute Gasteiger partial charge is 0.481 e. The summed E-state index contributed by atoms with van der Waals surface area (Å²) in [6.07, 6.45) is 4.49. The first-order chi connectivity index (χ1) is 4.86. The Labute approximate surface area is 66.9 Å². The van der Waals surface area contributed by atoms with Crippen LogP contribution in [-0.4, -0.2) is 11.1 Å². The van der Waals surface area contributed by atoms with E-state index < -0.39 is 11.4 Å². The molecule has 1 aliphatic carbocycles. The minimum atomic E-state index is -0.723. The van der Waals surface area contributed by atoms with Gasteiger partial charge in [-0.3, -0.25) is 4.79 Å². The van der Waals surface area contributed by atoms with Crippen LogP contribution in [0.3, 0.4) is 0 Å². The number of aliphatic carboxylic acids is 1. The molecule has 1 rings (SSSR count). The summed E-state index contributed by atoms with van der Waals surface area (Å²) < 4.78 is 0. The van der Waals surface area contributed by atoms with Crippen LogP contribution in [0.25, 0.3) is 0 Å². The van der Waals surface area contributed by atoms with Crippen LogP contribution in [0, 0.1) is 10.8 Å². The Morgan fingerprint density at radius 1 is 1.36 bits per heavy atom. The zero-order chi connectivity index (χ0) is 8.70. The van der Waals surface area contributed by atoms with Crippen LogP contribution in [0.5, 0.6) is 0 Å². The van der Waals surface area contributed by atoms with E-state index in [2.05, 4.69) is 13.8 Å². The molecule has 0 aromatic rings. The summed E-state index contributed by atoms with van der Waals surface area (Å²) in [5.41, 5.74) is -0.587. The van der Waals surface area contributed by atoms with Crippen molar-refractivity contribution in [3.63, 3.8) is 0 Å². The second-order valence-electron chi connectivity index (χ2n) is 4.22. The molecule has 1 N–H and O–H groups in total. The standard InChI is InChI=1S/C9H14O2/c1-8(2)4-5-9(3,6-8)7(10)11/h4-5H,6H2,1-3H3,(H,10,11). The van der Waals surface area contributed by atoms with E-state index in [0.717, 1.165) is 0 Å². The zero-order valence-electron chi connectivity index (χ0n) is 7.22. The van der Waals surface area contributed by atoms with Gasteiger partial charge >= 0.3 is 5.97 Å². The average Bonchev–Trinajstić information content (AvgIpc) is 2.08. The van der Waals surface area contributed by atoms with Crippen molar-refractivity contribution in [1.29, 1.82) is 0 Å². The molecule has 1 unspecified atom stereocenters. The van der Waals surface area contributed by atoms with Gasteiger partial charge in [0, 0.05) is 0 Å². The molecule has 0 saturated heterocycles. The third kappa shape index (κ3) is 1.44. The lowest BCUT2D eigenvalue weighted by Gasteiger charge is -2.22. The van der Waals surface area contributed by atoms with Crippen molar-refractivity contribution < 1.29 is 9.90 Å². The molecule has 2 nitrogen and oxygen atoms in total. The summed E-state index contributed by atoms with van der Waals surface area (Å²) >= 11 is 0. The second-order valence-corrected chi connectivity index (χ2v) is 4.22. The number of hydrogen-bond donors (Lipinski definition) is 1. The Morgan fingerprint density at radius 2 is 1.91 bits per heavy atom. The van der Waals surface area contributed by atoms with Crippen molar-refractivity contribution in [3.05, 3.63) is 12.2 Å². The summed E-state index contributed by atoms with van der Waals surface area (Å²) in [6, 6.07) is 0. The molecule has 62 valence electrons. The van der Waals surface area contributed by atoms with Gasteiger partial charge in [0.05, 0.1) is 5.41 Å². The molecular weight excluding hydrogens is 140 g/mol. The van der Waals surface area contributed by atoms with Gasteiger partial charge in [0.25, 0.3) is 0 Å². The average molecular weight is 154 g/mol. The maximum atomic E-state index is 10.8. The van der Waals surface area contributed by atoms with Gasteiger partial charge in [0.1, 0.15) is 0 Å². The number of carbonyl (C=O) groups is 1. The highest BCUT2D eigenvalue weighted by Gasteiger charge is 2.40. The fourth-order valence-corrected chi connectivity index (χ4v) is 1.62. The molecule has 0 aromatic heterocycles. The summed E-state index contributed by atoms with van der Waals surface area (Å²) in [6.45, 7) is 5.87. The minimum Gasteiger partial charge on any atom is -0.481 e. The van der Waals surface area contributed by atoms with Crippen LogP contribution in [0.2, 0.25) is 0 Å². The maximum Gasteiger partial charge on any atom is 0.313 e. The van der Waals surface area contributed by atoms with E-state index in [-0.39, 0.29) is 5.41 Å². The molecule has 0 radical (unpaired) electrons. The Kier molecular flexibility index (Phi) is 1.58. The monoisotopic (exact) mass is 154 g/mol. The van der Waals surface area contributed by atoms with Gasteiger partial charge in [-0.1, -0.05) is 26.0 Å². The Morgan fingerprint density at radius 3 is 2.09 bits per heavy atom. The van der Waals surface area contributed by atoms with Crippen LogP contribution in [0.1, 0.15) is 27.2 Å². The van der Waals surface area contributed by atoms with Crippen LogP contribution in [0.15, 0.2) is 12.2 Å². The summed E-state index contributed by atoms with van der Waals surface area (Å²) in [5.74, 6) is -0.723. The van der Waals surface area contributed by atoms with Crippen LogP contribution in [0.4, 0.5) is 0 Å². The Balaban J connectivity index is 2.84. The highest BCUT2D eigenvalue weighted by atomic mass is 16.4. The number of hydrogen-bond acceptors (Lipinski definition) is 1. The van der Waals surface area contributed by atoms with E-state index >= 15 is 0 Å². The molecule has 1 aliphatic rings. The van der Waals surface area contributed by atoms with Crippen molar-refractivity contribution in [2.24, 2.45) is 10.8 Å². The topological polar surface area (TPSA) is 37.3 Å². The van der Waals surface area contributed by atoms with E-state index in [1.54, 1.807) is 13.0 Å². The molecule has 0 amide bonds. The predicted molar refractivity (Wildman–Crippen MR) is 43.3 cm³/mol. The van der Waals surface area contributed by atoms with Gasteiger partial charge in [-0.05, 0) is 18.8 Å². The third-order valence-corrected chi connectivity index (χ3v) is 2.21. The molecule has 2 heteroatoms. The van der Waals surface area contributed by atoms with E-state index in [9.17, 15) is 4.79 Å². The molecule has 1 atom stereocenters. The number of carboxylic acids is 1. The van der Waals surface area contributed by atoms with Crippen molar-refractivity contribution in [2.45, 2.75) is 27.2 Å². The first kappa shape index (κ1) is 8.31. The zero-order valence-corrected chi connectivity index (χ0v) is 7.22. The molecule has 0 fully saturated rings. The maximum absolute atomic E-state index is 10.8. The lowest BCUT2D eigenvalue weighted by molar-refractivity contribution is -0.145. The fourth-order valence-electron chi connectivity index (χ4n) is 1.62. The lowest BCUT2D eigenvalue weighted by Crippen LogP contribution is -2.25. The minimum absolute atomic E-state index is 0.0488. The highest BCUT2D eigenvalue weighted by Crippen LogP contribution is 2.42. The first-order valence-corrected chi connectivity index (χ1v) is 3.80. The molecule has 0 saturated carbocycles. The Hall–Kier alpha value is -0.790. The second kappa shape index (κ2) is 2.10. The molecule has 0 aromatic carbocycles. The van der Waals surface area contributed by atoms with Crippen molar-refractivity contribution >= 4 is 5.97 Å². The molecular formula is C9H14O2. The highest BCUT2D eigenvalue weighted by molar-refractivity contribution is 5.77. The molecule has 0 bridgehead atoms. The molecule has 11 heavy (non-hydrogen) atoms. The van der Waals surface area contributed by atoms with Gasteiger partial charge in [-0.25, -0.2) is 0 Å². The van der Waals surface area contributed by atoms with Gasteiger partial charge in [0.2, 0.25) is 0 Å². The molecule has 0 heterocycles. The third-order valence-electron chi connectivity index (χ3n) is 2.21. The van der Waals surface area contributed by atoms with Crippen molar-refractivity contribution in [2.75, 3.05) is 0 Å². The molecule has 0 aliphatic heterocycles. The van der Waals surface area contributed by atoms with Crippen LogP contribution in [-0.2, 0) is 4.79 Å². The summed E-state index contributed by atoms with van der Waals surface area (Å²) in [5, 5.41) is 8.85. The van der Waals surface area contributed by atoms with E-state index in [4.69, 9.17) is 5.11 Å². The van der Waals surface area contributed by atoms with Crippen molar-refractivity contribution in [1.82, 2.24) is 0 Å². The number of rotatable bonds is 1.